The number of benzene rings is 1. The summed E-state index contributed by atoms with van der Waals surface area (Å²) in [4.78, 5) is 0. The molecule has 1 N–H and O–H groups in total. The molecule has 0 aliphatic rings. The van der Waals surface area contributed by atoms with Crippen LogP contribution in [0.15, 0.2) is 30.3 Å². The first-order chi connectivity index (χ1) is 8.09. The van der Waals surface area contributed by atoms with E-state index in [-0.39, 0.29) is 5.88 Å². The quantitative estimate of drug-likeness (QED) is 0.880. The molecule has 2 aromatic rings. The second-order valence-electron chi connectivity index (χ2n) is 4.73. The Hall–Kier alpha value is -1.77. The van der Waals surface area contributed by atoms with Crippen LogP contribution in [-0.4, -0.2) is 14.9 Å². The minimum absolute atomic E-state index is 0.120. The monoisotopic (exact) mass is 230 g/mol. The van der Waals surface area contributed by atoms with Crippen LogP contribution in [0.1, 0.15) is 19.5 Å². The molecule has 17 heavy (non-hydrogen) atoms. The molecule has 1 aromatic carbocycles. The van der Waals surface area contributed by atoms with Crippen molar-refractivity contribution in [1.29, 1.82) is 0 Å². The predicted molar refractivity (Wildman–Crippen MR) is 68.9 cm³/mol. The van der Waals surface area contributed by atoms with Crippen molar-refractivity contribution in [2.45, 2.75) is 20.3 Å². The first-order valence-corrected chi connectivity index (χ1v) is 5.90. The lowest BCUT2D eigenvalue weighted by atomic mass is 10.00. The zero-order valence-corrected chi connectivity index (χ0v) is 10.5. The second-order valence-corrected chi connectivity index (χ2v) is 4.73. The third-order valence-electron chi connectivity index (χ3n) is 2.81. The summed E-state index contributed by atoms with van der Waals surface area (Å²) in [6.07, 6.45) is 0.911. The van der Waals surface area contributed by atoms with Gasteiger partial charge in [-0.1, -0.05) is 44.2 Å². The lowest BCUT2D eigenvalue weighted by Crippen LogP contribution is -2.03. The SMILES string of the molecule is CC(C)Cc1c(-c2ccccc2)c(O)nn1C. The van der Waals surface area contributed by atoms with Crippen LogP contribution in [0.4, 0.5) is 0 Å². The van der Waals surface area contributed by atoms with Crippen molar-refractivity contribution in [3.8, 4) is 17.0 Å². The van der Waals surface area contributed by atoms with Crippen LogP contribution in [-0.2, 0) is 13.5 Å². The summed E-state index contributed by atoms with van der Waals surface area (Å²) in [7, 11) is 1.88. The van der Waals surface area contributed by atoms with Gasteiger partial charge in [0.15, 0.2) is 0 Å². The van der Waals surface area contributed by atoms with Gasteiger partial charge in [-0.15, -0.1) is 5.10 Å². The van der Waals surface area contributed by atoms with Gasteiger partial charge in [-0.05, 0) is 17.9 Å². The first-order valence-electron chi connectivity index (χ1n) is 5.90. The summed E-state index contributed by atoms with van der Waals surface area (Å²) >= 11 is 0. The Morgan fingerprint density at radius 3 is 2.47 bits per heavy atom. The smallest absolute Gasteiger partial charge is 0.238 e. The standard InChI is InChI=1S/C14H18N2O/c1-10(2)9-12-13(14(17)15-16(12)3)11-7-5-4-6-8-11/h4-8,10H,9H2,1-3H3,(H,15,17). The molecule has 0 atom stereocenters. The largest absolute Gasteiger partial charge is 0.492 e. The van der Waals surface area contributed by atoms with E-state index < -0.39 is 0 Å². The van der Waals surface area contributed by atoms with Gasteiger partial charge in [-0.25, -0.2) is 0 Å². The summed E-state index contributed by atoms with van der Waals surface area (Å²) in [5.74, 6) is 0.654. The maximum absolute atomic E-state index is 9.95. The molecule has 0 aliphatic carbocycles. The highest BCUT2D eigenvalue weighted by Crippen LogP contribution is 2.32. The molecule has 0 saturated heterocycles. The molecule has 0 saturated carbocycles. The Labute approximate surface area is 102 Å². The highest BCUT2D eigenvalue weighted by atomic mass is 16.3. The highest BCUT2D eigenvalue weighted by molar-refractivity contribution is 5.71. The molecule has 0 aliphatic heterocycles. The van der Waals surface area contributed by atoms with Crippen LogP contribution < -0.4 is 0 Å². The summed E-state index contributed by atoms with van der Waals surface area (Å²) in [5.41, 5.74) is 2.97. The number of hydrogen-bond donors (Lipinski definition) is 1. The van der Waals surface area contributed by atoms with E-state index in [1.54, 1.807) is 4.68 Å². The van der Waals surface area contributed by atoms with Crippen molar-refractivity contribution < 1.29 is 5.11 Å². The summed E-state index contributed by atoms with van der Waals surface area (Å²) < 4.78 is 1.78. The average Bonchev–Trinajstić information content (AvgIpc) is 2.54. The molecule has 0 spiro atoms. The second kappa shape index (κ2) is 4.62. The Morgan fingerprint density at radius 1 is 1.24 bits per heavy atom. The zero-order chi connectivity index (χ0) is 12.4. The van der Waals surface area contributed by atoms with E-state index >= 15 is 0 Å². The van der Waals surface area contributed by atoms with Gasteiger partial charge in [0.25, 0.3) is 0 Å². The van der Waals surface area contributed by atoms with Crippen LogP contribution in [0.25, 0.3) is 11.1 Å². The van der Waals surface area contributed by atoms with Gasteiger partial charge in [-0.3, -0.25) is 4.68 Å². The third-order valence-corrected chi connectivity index (χ3v) is 2.81. The number of aromatic hydroxyl groups is 1. The van der Waals surface area contributed by atoms with Gasteiger partial charge in [0, 0.05) is 7.05 Å². The fraction of sp³-hybridized carbons (Fsp3) is 0.357. The van der Waals surface area contributed by atoms with E-state index in [4.69, 9.17) is 0 Å². The lowest BCUT2D eigenvalue weighted by Gasteiger charge is -2.08. The van der Waals surface area contributed by atoms with Crippen molar-refractivity contribution in [2.75, 3.05) is 0 Å². The molecule has 3 heteroatoms. The molecular formula is C14H18N2O. The number of rotatable bonds is 3. The van der Waals surface area contributed by atoms with E-state index in [9.17, 15) is 5.11 Å². The molecule has 0 unspecified atom stereocenters. The van der Waals surface area contributed by atoms with Gasteiger partial charge in [0.1, 0.15) is 0 Å². The van der Waals surface area contributed by atoms with Gasteiger partial charge in [-0.2, -0.15) is 0 Å². The molecule has 3 nitrogen and oxygen atoms in total. The minimum Gasteiger partial charge on any atom is -0.492 e. The Bertz CT molecular complexity index is 500. The minimum atomic E-state index is 0.120. The number of aryl methyl sites for hydroxylation is 1. The van der Waals surface area contributed by atoms with Crippen molar-refractivity contribution in [1.82, 2.24) is 9.78 Å². The van der Waals surface area contributed by atoms with Gasteiger partial charge < -0.3 is 5.11 Å². The molecule has 0 radical (unpaired) electrons. The molecule has 90 valence electrons. The van der Waals surface area contributed by atoms with Crippen molar-refractivity contribution >= 4 is 0 Å². The molecule has 0 bridgehead atoms. The molecular weight excluding hydrogens is 212 g/mol. The normalized spacial score (nSPS) is 11.1. The zero-order valence-electron chi connectivity index (χ0n) is 10.5. The van der Waals surface area contributed by atoms with E-state index in [1.165, 1.54) is 0 Å². The van der Waals surface area contributed by atoms with E-state index in [2.05, 4.69) is 18.9 Å². The maximum atomic E-state index is 9.95. The average molecular weight is 230 g/mol. The summed E-state index contributed by atoms with van der Waals surface area (Å²) in [6.45, 7) is 4.33. The highest BCUT2D eigenvalue weighted by Gasteiger charge is 2.17. The van der Waals surface area contributed by atoms with Crippen LogP contribution in [0, 0.1) is 5.92 Å². The van der Waals surface area contributed by atoms with Crippen LogP contribution in [0.2, 0.25) is 0 Å². The number of hydrogen-bond acceptors (Lipinski definition) is 2. The van der Waals surface area contributed by atoms with Gasteiger partial charge in [0.05, 0.1) is 11.3 Å². The van der Waals surface area contributed by atoms with Crippen molar-refractivity contribution in [3.63, 3.8) is 0 Å². The van der Waals surface area contributed by atoms with E-state index in [0.29, 0.717) is 5.92 Å². The summed E-state index contributed by atoms with van der Waals surface area (Å²) in [5, 5.41) is 14.1. The third kappa shape index (κ3) is 2.33. The van der Waals surface area contributed by atoms with Gasteiger partial charge in [0.2, 0.25) is 5.88 Å². The summed E-state index contributed by atoms with van der Waals surface area (Å²) in [6, 6.07) is 9.92. The van der Waals surface area contributed by atoms with Crippen molar-refractivity contribution in [2.24, 2.45) is 13.0 Å². The van der Waals surface area contributed by atoms with Gasteiger partial charge >= 0.3 is 0 Å². The van der Waals surface area contributed by atoms with E-state index in [0.717, 1.165) is 23.2 Å². The topological polar surface area (TPSA) is 38.1 Å². The number of nitrogens with zero attached hydrogens (tertiary/aromatic N) is 2. The van der Waals surface area contributed by atoms with E-state index in [1.807, 2.05) is 37.4 Å². The molecule has 1 heterocycles. The fourth-order valence-corrected chi connectivity index (χ4v) is 2.06. The molecule has 0 fully saturated rings. The Balaban J connectivity index is 2.53. The number of aromatic nitrogens is 2. The van der Waals surface area contributed by atoms with Crippen molar-refractivity contribution in [3.05, 3.63) is 36.0 Å². The molecule has 0 amide bonds. The van der Waals surface area contributed by atoms with Crippen LogP contribution in [0.5, 0.6) is 5.88 Å². The van der Waals surface area contributed by atoms with Crippen LogP contribution >= 0.6 is 0 Å². The maximum Gasteiger partial charge on any atom is 0.238 e. The Morgan fingerprint density at radius 2 is 1.88 bits per heavy atom. The molecule has 1 aromatic heterocycles. The predicted octanol–water partition coefficient (Wildman–Crippen LogP) is 2.99. The first kappa shape index (κ1) is 11.7. The van der Waals surface area contributed by atoms with Crippen LogP contribution in [0.3, 0.4) is 0 Å². The fourth-order valence-electron chi connectivity index (χ4n) is 2.06. The molecule has 2 rings (SSSR count). The Kier molecular flexibility index (Phi) is 3.18. The lowest BCUT2D eigenvalue weighted by molar-refractivity contribution is 0.445.